The molecule has 0 radical (unpaired) electrons. The van der Waals surface area contributed by atoms with Crippen molar-refractivity contribution in [2.75, 3.05) is 24.7 Å². The van der Waals surface area contributed by atoms with Gasteiger partial charge in [0.15, 0.2) is 17.5 Å². The summed E-state index contributed by atoms with van der Waals surface area (Å²) in [5.41, 5.74) is 10.0. The number of amides is 3. The second kappa shape index (κ2) is 11.2. The number of hydrogen-bond donors (Lipinski definition) is 4. The van der Waals surface area contributed by atoms with E-state index in [2.05, 4.69) is 15.5 Å². The van der Waals surface area contributed by atoms with Crippen molar-refractivity contribution in [2.24, 2.45) is 10.9 Å². The maximum atomic E-state index is 12.9. The highest BCUT2D eigenvalue weighted by atomic mass is 32.2. The standard InChI is InChI=1S/C19H20N6O9S2/c1-7(26)2-11(28)33-3-8-5-35-17-13(16(30)25(17)14(8)18(31)32)23-15(29)12(24-34-4-10(20)27)9-6-36-19(21)22-9/h6,13,17H,2-5H2,1H3,(H2,20,27)(H2,21,22)(H,23,29)(H,31,32)/t13-,17+/m1/s1. The summed E-state index contributed by atoms with van der Waals surface area (Å²) in [6.45, 7) is 0.186. The van der Waals surface area contributed by atoms with Gasteiger partial charge in [0.25, 0.3) is 17.7 Å². The third-order valence-electron chi connectivity index (χ3n) is 4.68. The van der Waals surface area contributed by atoms with E-state index in [1.54, 1.807) is 0 Å². The average molecular weight is 541 g/mol. The zero-order valence-electron chi connectivity index (χ0n) is 18.6. The normalized spacial score (nSPS) is 19.2. The average Bonchev–Trinajstić information content (AvgIpc) is 3.22. The topological polar surface area (TPSA) is 234 Å². The monoisotopic (exact) mass is 540 g/mol. The van der Waals surface area contributed by atoms with Gasteiger partial charge < -0.3 is 31.5 Å². The van der Waals surface area contributed by atoms with Crippen molar-refractivity contribution in [1.82, 2.24) is 15.2 Å². The number of nitrogens with zero attached hydrogens (tertiary/aromatic N) is 3. The Labute approximate surface area is 210 Å². The van der Waals surface area contributed by atoms with Crippen LogP contribution in [0, 0.1) is 0 Å². The Bertz CT molecular complexity index is 1190. The van der Waals surface area contributed by atoms with Gasteiger partial charge in [0, 0.05) is 16.7 Å². The number of carboxylic acids is 1. The summed E-state index contributed by atoms with van der Waals surface area (Å²) in [6, 6.07) is -1.11. The second-order valence-corrected chi connectivity index (χ2v) is 9.40. The van der Waals surface area contributed by atoms with Crippen LogP contribution in [0.4, 0.5) is 5.13 Å². The number of ether oxygens (including phenoxy) is 1. The number of carbonyl (C=O) groups is 6. The van der Waals surface area contributed by atoms with Gasteiger partial charge in [-0.2, -0.15) is 0 Å². The molecule has 0 spiro atoms. The van der Waals surface area contributed by atoms with Crippen molar-refractivity contribution >= 4 is 69.4 Å². The van der Waals surface area contributed by atoms with Crippen molar-refractivity contribution in [1.29, 1.82) is 0 Å². The lowest BCUT2D eigenvalue weighted by Crippen LogP contribution is -2.71. The maximum Gasteiger partial charge on any atom is 0.352 e. The van der Waals surface area contributed by atoms with E-state index in [9.17, 15) is 33.9 Å². The molecular formula is C19H20N6O9S2. The molecule has 0 saturated carbocycles. The number of oxime groups is 1. The summed E-state index contributed by atoms with van der Waals surface area (Å²) in [5, 5.41) is 16.5. The number of β-lactam (4-membered cyclic amide) rings is 1. The van der Waals surface area contributed by atoms with Gasteiger partial charge in [-0.3, -0.25) is 28.9 Å². The van der Waals surface area contributed by atoms with E-state index in [-0.39, 0.29) is 33.6 Å². The Morgan fingerprint density at radius 1 is 1.33 bits per heavy atom. The summed E-state index contributed by atoms with van der Waals surface area (Å²) >= 11 is 2.15. The van der Waals surface area contributed by atoms with Gasteiger partial charge in [-0.1, -0.05) is 5.16 Å². The van der Waals surface area contributed by atoms with Crippen LogP contribution in [0.25, 0.3) is 0 Å². The fourth-order valence-corrected chi connectivity index (χ4v) is 5.06. The number of esters is 1. The first kappa shape index (κ1) is 26.6. The lowest BCUT2D eigenvalue weighted by Gasteiger charge is -2.49. The van der Waals surface area contributed by atoms with Crippen LogP contribution in [0.5, 0.6) is 0 Å². The smallest absolute Gasteiger partial charge is 0.352 e. The van der Waals surface area contributed by atoms with Gasteiger partial charge >= 0.3 is 11.9 Å². The van der Waals surface area contributed by atoms with Crippen LogP contribution in [0.15, 0.2) is 21.8 Å². The minimum absolute atomic E-state index is 0.0279. The van der Waals surface area contributed by atoms with Crippen LogP contribution < -0.4 is 16.8 Å². The number of thioether (sulfide) groups is 1. The number of aliphatic carboxylic acids is 1. The van der Waals surface area contributed by atoms with E-state index in [0.717, 1.165) is 28.0 Å². The lowest BCUT2D eigenvalue weighted by atomic mass is 10.0. The first-order valence-corrected chi connectivity index (χ1v) is 12.0. The number of fused-ring (bicyclic) bond motifs is 1. The number of hydrogen-bond acceptors (Lipinski definition) is 13. The van der Waals surface area contributed by atoms with Gasteiger partial charge in [-0.25, -0.2) is 9.78 Å². The van der Waals surface area contributed by atoms with Gasteiger partial charge in [-0.15, -0.1) is 23.1 Å². The third kappa shape index (κ3) is 5.98. The molecule has 1 aromatic heterocycles. The summed E-state index contributed by atoms with van der Waals surface area (Å²) in [6.07, 6.45) is -0.458. The van der Waals surface area contributed by atoms with Crippen molar-refractivity contribution in [3.63, 3.8) is 0 Å². The van der Waals surface area contributed by atoms with E-state index in [0.29, 0.717) is 0 Å². The molecule has 0 aliphatic carbocycles. The van der Waals surface area contributed by atoms with Crippen molar-refractivity contribution in [2.45, 2.75) is 24.8 Å². The molecule has 1 fully saturated rings. The van der Waals surface area contributed by atoms with Crippen LogP contribution in [0.1, 0.15) is 19.0 Å². The van der Waals surface area contributed by atoms with E-state index in [1.165, 1.54) is 12.3 Å². The molecule has 1 saturated heterocycles. The summed E-state index contributed by atoms with van der Waals surface area (Å²) in [7, 11) is 0. The Morgan fingerprint density at radius 2 is 2.06 bits per heavy atom. The fraction of sp³-hybridized carbons (Fsp3) is 0.368. The molecule has 0 unspecified atom stereocenters. The molecule has 3 amide bonds. The number of nitrogen functional groups attached to an aromatic ring is 1. The van der Waals surface area contributed by atoms with E-state index in [1.807, 2.05) is 0 Å². The molecule has 2 aliphatic rings. The van der Waals surface area contributed by atoms with Crippen LogP contribution in [0.3, 0.4) is 0 Å². The number of nitrogens with one attached hydrogen (secondary N) is 1. The number of ketones is 1. The van der Waals surface area contributed by atoms with Crippen LogP contribution >= 0.6 is 23.1 Å². The van der Waals surface area contributed by atoms with Gasteiger partial charge in [0.2, 0.25) is 0 Å². The van der Waals surface area contributed by atoms with Crippen molar-refractivity contribution < 1.29 is 43.4 Å². The molecule has 6 N–H and O–H groups in total. The number of thiazole rings is 1. The Balaban J connectivity index is 1.74. The Morgan fingerprint density at radius 3 is 2.64 bits per heavy atom. The highest BCUT2D eigenvalue weighted by Crippen LogP contribution is 2.40. The predicted octanol–water partition coefficient (Wildman–Crippen LogP) is -1.81. The zero-order valence-corrected chi connectivity index (χ0v) is 20.2. The number of aromatic nitrogens is 1. The number of anilines is 1. The number of primary amides is 1. The Hall–Kier alpha value is -3.99. The van der Waals surface area contributed by atoms with E-state index < -0.39 is 66.5 Å². The van der Waals surface area contributed by atoms with Crippen LogP contribution in [0.2, 0.25) is 0 Å². The number of Topliss-reactive ketones (excluding diaryl/α,β-unsaturated/α-hetero) is 1. The minimum Gasteiger partial charge on any atom is -0.477 e. The first-order chi connectivity index (χ1) is 17.0. The number of carboxylic acid groups (broad SMARTS) is 1. The molecule has 2 aliphatic heterocycles. The molecule has 1 aromatic rings. The molecule has 36 heavy (non-hydrogen) atoms. The van der Waals surface area contributed by atoms with Gasteiger partial charge in [-0.05, 0) is 6.92 Å². The maximum absolute atomic E-state index is 12.9. The molecule has 0 bridgehead atoms. The van der Waals surface area contributed by atoms with Crippen molar-refractivity contribution in [3.05, 3.63) is 22.3 Å². The second-order valence-electron chi connectivity index (χ2n) is 7.41. The molecule has 3 heterocycles. The third-order valence-corrected chi connectivity index (χ3v) is 6.69. The van der Waals surface area contributed by atoms with E-state index >= 15 is 0 Å². The van der Waals surface area contributed by atoms with E-state index in [4.69, 9.17) is 21.0 Å². The highest BCUT2D eigenvalue weighted by molar-refractivity contribution is 8.00. The van der Waals surface area contributed by atoms with Crippen LogP contribution in [-0.4, -0.2) is 86.5 Å². The quantitative estimate of drug-likeness (QED) is 0.0799. The van der Waals surface area contributed by atoms with Crippen LogP contribution in [-0.2, 0) is 38.3 Å². The fourth-order valence-electron chi connectivity index (χ4n) is 3.19. The minimum atomic E-state index is -1.42. The molecule has 2 atom stereocenters. The first-order valence-electron chi connectivity index (χ1n) is 10.0. The molecule has 17 heteroatoms. The van der Waals surface area contributed by atoms with Gasteiger partial charge in [0.05, 0.1) is 0 Å². The van der Waals surface area contributed by atoms with Gasteiger partial charge in [0.1, 0.15) is 41.6 Å². The number of carbonyl (C=O) groups excluding carboxylic acids is 5. The Kier molecular flexibility index (Phi) is 8.25. The zero-order chi connectivity index (χ0) is 26.6. The largest absolute Gasteiger partial charge is 0.477 e. The summed E-state index contributed by atoms with van der Waals surface area (Å²) < 4.78 is 4.96. The lowest BCUT2D eigenvalue weighted by molar-refractivity contribution is -0.150. The molecule has 192 valence electrons. The number of nitrogens with two attached hydrogens (primary N) is 2. The summed E-state index contributed by atoms with van der Waals surface area (Å²) in [4.78, 5) is 80.9. The van der Waals surface area contributed by atoms with Crippen molar-refractivity contribution in [3.8, 4) is 0 Å². The molecule has 3 rings (SSSR count). The summed E-state index contributed by atoms with van der Waals surface area (Å²) in [5.74, 6) is -5.01. The predicted molar refractivity (Wildman–Crippen MR) is 124 cm³/mol. The molecule has 15 nitrogen and oxygen atoms in total. The molecular weight excluding hydrogens is 520 g/mol. The highest BCUT2D eigenvalue weighted by Gasteiger charge is 2.54. The number of rotatable bonds is 11. The SMILES string of the molecule is CC(=O)CC(=O)OCC1=C(C(=O)O)N2C(=O)[C@@H](NC(=O)C(=NOCC(N)=O)c3csc(N)n3)[C@@H]2SC1. The molecule has 0 aromatic carbocycles.